The molecule has 0 aromatic heterocycles. The number of nitrogens with one attached hydrogen (secondary N) is 2. The number of hydrogen-bond donors (Lipinski definition) is 2. The van der Waals surface area contributed by atoms with Crippen molar-refractivity contribution in [2.45, 2.75) is 6.92 Å². The number of hydrazone groups is 1. The van der Waals surface area contributed by atoms with Crippen molar-refractivity contribution in [3.8, 4) is 0 Å². The molecule has 0 aliphatic heterocycles. The molecule has 8 nitrogen and oxygen atoms in total. The first-order chi connectivity index (χ1) is 15.3. The molecule has 0 fully saturated rings. The zero-order chi connectivity index (χ0) is 23.3. The number of para-hydroxylation sites is 1. The highest BCUT2D eigenvalue weighted by Gasteiger charge is 2.18. The van der Waals surface area contributed by atoms with Crippen LogP contribution >= 0.6 is 11.6 Å². The van der Waals surface area contributed by atoms with E-state index in [9.17, 15) is 24.1 Å². The third-order valence-electron chi connectivity index (χ3n) is 4.41. The predicted octanol–water partition coefficient (Wildman–Crippen LogP) is 4.79. The second kappa shape index (κ2) is 9.80. The standard InChI is InChI=1S/C22H16ClFN4O4/c1-13(14-6-8-15(24)9-7-14)26-27-22(30)17-4-2-3-5-20(17)25-21(29)18-12-16(28(31)32)10-11-19(18)23/h2-12H,1H3,(H,25,29)(H,27,30)/b26-13+. The molecule has 0 aliphatic rings. The number of rotatable bonds is 6. The highest BCUT2D eigenvalue weighted by atomic mass is 35.5. The van der Waals surface area contributed by atoms with Crippen LogP contribution in [-0.2, 0) is 0 Å². The fraction of sp³-hybridized carbons (Fsp3) is 0.0455. The van der Waals surface area contributed by atoms with Crippen LogP contribution in [0.2, 0.25) is 5.02 Å². The van der Waals surface area contributed by atoms with Crippen LogP contribution in [-0.4, -0.2) is 22.4 Å². The van der Waals surface area contributed by atoms with Gasteiger partial charge in [0.1, 0.15) is 5.82 Å². The van der Waals surface area contributed by atoms with Gasteiger partial charge in [-0.05, 0) is 42.8 Å². The third kappa shape index (κ3) is 5.32. The zero-order valence-corrected chi connectivity index (χ0v) is 17.4. The highest BCUT2D eigenvalue weighted by Crippen LogP contribution is 2.24. The number of anilines is 1. The van der Waals surface area contributed by atoms with E-state index >= 15 is 0 Å². The molecule has 0 aliphatic carbocycles. The molecule has 0 radical (unpaired) electrons. The van der Waals surface area contributed by atoms with Gasteiger partial charge >= 0.3 is 0 Å². The Bertz CT molecular complexity index is 1230. The van der Waals surface area contributed by atoms with Crippen LogP contribution in [0.25, 0.3) is 0 Å². The first kappa shape index (κ1) is 22.6. The first-order valence-electron chi connectivity index (χ1n) is 9.21. The van der Waals surface area contributed by atoms with Crippen LogP contribution in [0.5, 0.6) is 0 Å². The maximum atomic E-state index is 13.1. The molecule has 0 saturated heterocycles. The van der Waals surface area contributed by atoms with E-state index in [1.807, 2.05) is 0 Å². The minimum Gasteiger partial charge on any atom is -0.321 e. The number of benzene rings is 3. The lowest BCUT2D eigenvalue weighted by molar-refractivity contribution is -0.384. The number of nitro benzene ring substituents is 1. The number of halogens is 2. The molecule has 0 saturated carbocycles. The maximum Gasteiger partial charge on any atom is 0.273 e. The molecule has 32 heavy (non-hydrogen) atoms. The molecule has 3 aromatic rings. The number of nitrogens with zero attached hydrogens (tertiary/aromatic N) is 2. The first-order valence-corrected chi connectivity index (χ1v) is 9.59. The average molecular weight is 455 g/mol. The van der Waals surface area contributed by atoms with Crippen molar-refractivity contribution < 1.29 is 18.9 Å². The number of carbonyl (C=O) groups is 2. The van der Waals surface area contributed by atoms with Crippen LogP contribution in [0.4, 0.5) is 15.8 Å². The van der Waals surface area contributed by atoms with Crippen molar-refractivity contribution in [3.05, 3.63) is 104 Å². The lowest BCUT2D eigenvalue weighted by Crippen LogP contribution is -2.22. The van der Waals surface area contributed by atoms with Crippen LogP contribution < -0.4 is 10.7 Å². The number of non-ortho nitro benzene ring substituents is 1. The second-order valence-corrected chi connectivity index (χ2v) is 6.97. The van der Waals surface area contributed by atoms with E-state index in [2.05, 4.69) is 15.8 Å². The Morgan fingerprint density at radius 1 is 1.00 bits per heavy atom. The minimum atomic E-state index is -0.718. The monoisotopic (exact) mass is 454 g/mol. The molecule has 2 N–H and O–H groups in total. The van der Waals surface area contributed by atoms with Crippen LogP contribution in [0, 0.1) is 15.9 Å². The van der Waals surface area contributed by atoms with Crippen molar-refractivity contribution in [3.63, 3.8) is 0 Å². The molecular formula is C22H16ClFN4O4. The summed E-state index contributed by atoms with van der Waals surface area (Å²) in [4.78, 5) is 35.6. The third-order valence-corrected chi connectivity index (χ3v) is 4.74. The van der Waals surface area contributed by atoms with Gasteiger partial charge in [0.2, 0.25) is 0 Å². The van der Waals surface area contributed by atoms with E-state index in [4.69, 9.17) is 11.6 Å². The molecule has 0 unspecified atom stereocenters. The molecular weight excluding hydrogens is 439 g/mol. The summed E-state index contributed by atoms with van der Waals surface area (Å²) < 4.78 is 13.1. The van der Waals surface area contributed by atoms with Crippen LogP contribution in [0.15, 0.2) is 71.8 Å². The van der Waals surface area contributed by atoms with Crippen LogP contribution in [0.1, 0.15) is 33.2 Å². The summed E-state index contributed by atoms with van der Waals surface area (Å²) in [5, 5.41) is 17.6. The van der Waals surface area contributed by atoms with E-state index in [1.165, 1.54) is 48.5 Å². The molecule has 3 aromatic carbocycles. The van der Waals surface area contributed by atoms with E-state index < -0.39 is 16.7 Å². The molecule has 0 spiro atoms. The summed E-state index contributed by atoms with van der Waals surface area (Å²) in [6.07, 6.45) is 0. The van der Waals surface area contributed by atoms with Gasteiger partial charge in [0.15, 0.2) is 0 Å². The molecule has 0 heterocycles. The average Bonchev–Trinajstić information content (AvgIpc) is 2.78. The highest BCUT2D eigenvalue weighted by molar-refractivity contribution is 6.34. The summed E-state index contributed by atoms with van der Waals surface area (Å²) in [6.45, 7) is 1.64. The predicted molar refractivity (Wildman–Crippen MR) is 119 cm³/mol. The van der Waals surface area contributed by atoms with Crippen molar-refractivity contribution in [1.29, 1.82) is 0 Å². The Morgan fingerprint density at radius 3 is 2.38 bits per heavy atom. The fourth-order valence-electron chi connectivity index (χ4n) is 2.73. The fourth-order valence-corrected chi connectivity index (χ4v) is 2.93. The number of hydrogen-bond acceptors (Lipinski definition) is 5. The Kier molecular flexibility index (Phi) is 6.91. The Labute approximate surface area is 186 Å². The van der Waals surface area contributed by atoms with Gasteiger partial charge in [-0.3, -0.25) is 19.7 Å². The summed E-state index contributed by atoms with van der Waals surface area (Å²) >= 11 is 6.01. The number of carbonyl (C=O) groups excluding carboxylic acids is 2. The topological polar surface area (TPSA) is 114 Å². The van der Waals surface area contributed by atoms with Gasteiger partial charge < -0.3 is 5.32 Å². The van der Waals surface area contributed by atoms with Gasteiger partial charge in [0.05, 0.1) is 32.5 Å². The molecule has 3 rings (SSSR count). The summed E-state index contributed by atoms with van der Waals surface area (Å²) in [6, 6.07) is 15.3. The van der Waals surface area contributed by atoms with Gasteiger partial charge in [-0.25, -0.2) is 9.82 Å². The molecule has 0 atom stereocenters. The van der Waals surface area contributed by atoms with E-state index in [0.29, 0.717) is 11.3 Å². The maximum absolute atomic E-state index is 13.1. The smallest absolute Gasteiger partial charge is 0.273 e. The van der Waals surface area contributed by atoms with Crippen molar-refractivity contribution in [2.24, 2.45) is 5.10 Å². The van der Waals surface area contributed by atoms with Crippen molar-refractivity contribution >= 4 is 40.5 Å². The lowest BCUT2D eigenvalue weighted by atomic mass is 10.1. The molecule has 2 amide bonds. The summed E-state index contributed by atoms with van der Waals surface area (Å²) in [5.74, 6) is -1.71. The quantitative estimate of drug-likeness (QED) is 0.316. The Hall–Kier alpha value is -4.11. The Morgan fingerprint density at radius 2 is 1.69 bits per heavy atom. The Balaban J connectivity index is 1.80. The second-order valence-electron chi connectivity index (χ2n) is 6.57. The largest absolute Gasteiger partial charge is 0.321 e. The minimum absolute atomic E-state index is 0.0227. The summed E-state index contributed by atoms with van der Waals surface area (Å²) in [7, 11) is 0. The number of amides is 2. The zero-order valence-electron chi connectivity index (χ0n) is 16.6. The van der Waals surface area contributed by atoms with Gasteiger partial charge in [-0.15, -0.1) is 0 Å². The van der Waals surface area contributed by atoms with E-state index in [-0.39, 0.29) is 33.3 Å². The van der Waals surface area contributed by atoms with Gasteiger partial charge in [-0.2, -0.15) is 5.10 Å². The van der Waals surface area contributed by atoms with E-state index in [0.717, 1.165) is 6.07 Å². The number of nitro groups is 1. The molecule has 10 heteroatoms. The SMILES string of the molecule is C/C(=N\NC(=O)c1ccccc1NC(=O)c1cc([N+](=O)[O-])ccc1Cl)c1ccc(F)cc1. The van der Waals surface area contributed by atoms with Gasteiger partial charge in [0, 0.05) is 12.1 Å². The lowest BCUT2D eigenvalue weighted by Gasteiger charge is -2.11. The van der Waals surface area contributed by atoms with Gasteiger partial charge in [-0.1, -0.05) is 35.9 Å². The molecule has 162 valence electrons. The van der Waals surface area contributed by atoms with Gasteiger partial charge in [0.25, 0.3) is 17.5 Å². The molecule has 0 bridgehead atoms. The van der Waals surface area contributed by atoms with Crippen molar-refractivity contribution in [1.82, 2.24) is 5.43 Å². The normalized spacial score (nSPS) is 11.0. The van der Waals surface area contributed by atoms with Crippen LogP contribution in [0.3, 0.4) is 0 Å². The van der Waals surface area contributed by atoms with Crippen molar-refractivity contribution in [2.75, 3.05) is 5.32 Å². The van der Waals surface area contributed by atoms with E-state index in [1.54, 1.807) is 19.1 Å². The summed E-state index contributed by atoms with van der Waals surface area (Å²) in [5.41, 5.74) is 3.32.